The second kappa shape index (κ2) is 5.91. The normalized spacial score (nSPS) is 11.5. The average Bonchev–Trinajstić information content (AvgIpc) is 2.18. The first kappa shape index (κ1) is 12.2. The highest BCUT2D eigenvalue weighted by Gasteiger charge is 2.03. The third kappa shape index (κ3) is 4.98. The molecule has 0 aliphatic heterocycles. The second-order valence-electron chi connectivity index (χ2n) is 3.92. The Hall–Kier alpha value is -0.830. The largest absolute Gasteiger partial charge is 0.270 e. The number of benzene rings is 1. The van der Waals surface area contributed by atoms with Gasteiger partial charge in [0.05, 0.1) is 0 Å². The fraction of sp³-hybridized carbons (Fsp3) is 0.500. The van der Waals surface area contributed by atoms with Crippen LogP contribution in [0.2, 0.25) is 0 Å². The molecule has 1 aromatic carbocycles. The molecule has 0 saturated heterocycles. The van der Waals surface area contributed by atoms with Gasteiger partial charge in [-0.3, -0.25) is 9.56 Å². The zero-order chi connectivity index (χ0) is 11.1. The molecule has 1 aromatic rings. The summed E-state index contributed by atoms with van der Waals surface area (Å²) in [6, 6.07) is 9.98. The predicted octanol–water partition coefficient (Wildman–Crippen LogP) is 4.06. The second-order valence-corrected chi connectivity index (χ2v) is 6.39. The SMILES string of the molecule is CCCCCS(=N)(=N)Cc1ccccc1. The molecule has 2 nitrogen and oxygen atoms in total. The minimum Gasteiger partial charge on any atom is -0.270 e. The van der Waals surface area contributed by atoms with Crippen LogP contribution in [0.25, 0.3) is 0 Å². The average molecular weight is 224 g/mol. The van der Waals surface area contributed by atoms with Crippen molar-refractivity contribution >= 4 is 9.62 Å². The molecule has 0 atom stereocenters. The Kier molecular flexibility index (Phi) is 4.82. The van der Waals surface area contributed by atoms with Gasteiger partial charge >= 0.3 is 0 Å². The standard InChI is InChI=1S/C12H20N2S/c1-2-3-7-10-15(13,14)11-12-8-5-4-6-9-12/h4-6,8-9,13-14H,2-3,7,10-11H2,1H3. The number of unbranched alkanes of at least 4 members (excludes halogenated alkanes) is 2. The summed E-state index contributed by atoms with van der Waals surface area (Å²) in [5.41, 5.74) is 1.13. The Balaban J connectivity index is 2.50. The molecule has 0 radical (unpaired) electrons. The van der Waals surface area contributed by atoms with Crippen LogP contribution in [-0.2, 0) is 15.4 Å². The fourth-order valence-corrected chi connectivity index (χ4v) is 3.13. The van der Waals surface area contributed by atoms with Gasteiger partial charge in [-0.25, -0.2) is 0 Å². The van der Waals surface area contributed by atoms with Crippen LogP contribution in [0.15, 0.2) is 30.3 Å². The number of rotatable bonds is 6. The van der Waals surface area contributed by atoms with Crippen molar-refractivity contribution in [2.24, 2.45) is 0 Å². The number of hydrogen-bond donors (Lipinski definition) is 2. The topological polar surface area (TPSA) is 47.7 Å². The molecule has 0 aliphatic carbocycles. The molecular formula is C12H20N2S. The molecular weight excluding hydrogens is 204 g/mol. The summed E-state index contributed by atoms with van der Waals surface area (Å²) in [6.45, 7) is 2.15. The van der Waals surface area contributed by atoms with Crippen LogP contribution in [0.4, 0.5) is 0 Å². The predicted molar refractivity (Wildman–Crippen MR) is 67.3 cm³/mol. The third-order valence-corrected chi connectivity index (χ3v) is 4.16. The Morgan fingerprint density at radius 3 is 2.33 bits per heavy atom. The van der Waals surface area contributed by atoms with E-state index in [-0.39, 0.29) is 0 Å². The van der Waals surface area contributed by atoms with E-state index in [2.05, 4.69) is 6.92 Å². The van der Waals surface area contributed by atoms with Crippen LogP contribution in [0.5, 0.6) is 0 Å². The van der Waals surface area contributed by atoms with E-state index < -0.39 is 9.62 Å². The van der Waals surface area contributed by atoms with Gasteiger partial charge in [-0.05, 0) is 12.0 Å². The Labute approximate surface area is 93.1 Å². The molecule has 0 aliphatic rings. The Morgan fingerprint density at radius 2 is 1.73 bits per heavy atom. The van der Waals surface area contributed by atoms with Gasteiger partial charge in [0.25, 0.3) is 0 Å². The first-order valence-electron chi connectivity index (χ1n) is 5.46. The molecule has 84 valence electrons. The monoisotopic (exact) mass is 224 g/mol. The maximum atomic E-state index is 7.99. The van der Waals surface area contributed by atoms with Crippen LogP contribution in [0, 0.1) is 9.56 Å². The summed E-state index contributed by atoms with van der Waals surface area (Å²) in [6.07, 6.45) is 3.35. The van der Waals surface area contributed by atoms with Crippen LogP contribution in [-0.4, -0.2) is 5.75 Å². The van der Waals surface area contributed by atoms with Crippen molar-refractivity contribution in [3.8, 4) is 0 Å². The lowest BCUT2D eigenvalue weighted by atomic mass is 10.2. The lowest BCUT2D eigenvalue weighted by Gasteiger charge is -2.10. The first-order valence-corrected chi connectivity index (χ1v) is 7.43. The Morgan fingerprint density at radius 1 is 1.07 bits per heavy atom. The summed E-state index contributed by atoms with van der Waals surface area (Å²) < 4.78 is 16.0. The van der Waals surface area contributed by atoms with Crippen molar-refractivity contribution in [2.75, 3.05) is 5.75 Å². The highest BCUT2D eigenvalue weighted by molar-refractivity contribution is 7.92. The molecule has 0 spiro atoms. The first-order chi connectivity index (χ1) is 7.14. The molecule has 0 bridgehead atoms. The van der Waals surface area contributed by atoms with E-state index in [1.807, 2.05) is 30.3 Å². The van der Waals surface area contributed by atoms with Crippen LogP contribution >= 0.6 is 0 Å². The van der Waals surface area contributed by atoms with Crippen molar-refractivity contribution in [1.82, 2.24) is 0 Å². The molecule has 15 heavy (non-hydrogen) atoms. The summed E-state index contributed by atoms with van der Waals surface area (Å²) in [5, 5.41) is 0. The summed E-state index contributed by atoms with van der Waals surface area (Å²) in [7, 11) is -1.91. The maximum Gasteiger partial charge on any atom is 0.0381 e. The van der Waals surface area contributed by atoms with Crippen molar-refractivity contribution in [3.63, 3.8) is 0 Å². The maximum absolute atomic E-state index is 7.99. The van der Waals surface area contributed by atoms with Crippen molar-refractivity contribution in [1.29, 1.82) is 9.56 Å². The molecule has 0 amide bonds. The van der Waals surface area contributed by atoms with Crippen LogP contribution in [0.3, 0.4) is 0 Å². The molecule has 3 heteroatoms. The van der Waals surface area contributed by atoms with Gasteiger partial charge in [0.15, 0.2) is 0 Å². The summed E-state index contributed by atoms with van der Waals surface area (Å²) >= 11 is 0. The minimum absolute atomic E-state index is 0.623. The zero-order valence-electron chi connectivity index (χ0n) is 9.33. The van der Waals surface area contributed by atoms with Gasteiger partial charge in [-0.2, -0.15) is 0 Å². The van der Waals surface area contributed by atoms with E-state index in [1.54, 1.807) is 0 Å². The van der Waals surface area contributed by atoms with Gasteiger partial charge in [0, 0.05) is 11.5 Å². The van der Waals surface area contributed by atoms with Gasteiger partial charge in [-0.1, -0.05) is 59.7 Å². The van der Waals surface area contributed by atoms with E-state index in [1.165, 1.54) is 6.42 Å². The highest BCUT2D eigenvalue weighted by Crippen LogP contribution is 2.10. The lowest BCUT2D eigenvalue weighted by Crippen LogP contribution is -2.05. The van der Waals surface area contributed by atoms with Crippen molar-refractivity contribution < 1.29 is 0 Å². The van der Waals surface area contributed by atoms with Crippen LogP contribution < -0.4 is 0 Å². The summed E-state index contributed by atoms with van der Waals surface area (Å²) in [5.74, 6) is 1.38. The van der Waals surface area contributed by atoms with E-state index in [0.29, 0.717) is 5.75 Å². The molecule has 0 saturated carbocycles. The van der Waals surface area contributed by atoms with Gasteiger partial charge in [0.1, 0.15) is 0 Å². The molecule has 0 fully saturated rings. The molecule has 2 N–H and O–H groups in total. The quantitative estimate of drug-likeness (QED) is 0.685. The van der Waals surface area contributed by atoms with E-state index in [4.69, 9.17) is 9.56 Å². The third-order valence-electron chi connectivity index (χ3n) is 2.35. The van der Waals surface area contributed by atoms with Crippen molar-refractivity contribution in [2.45, 2.75) is 31.9 Å². The molecule has 0 heterocycles. The van der Waals surface area contributed by atoms with Crippen molar-refractivity contribution in [3.05, 3.63) is 35.9 Å². The fourth-order valence-electron chi connectivity index (χ4n) is 1.53. The smallest absolute Gasteiger partial charge is 0.0381 e. The number of nitrogens with one attached hydrogen (secondary N) is 2. The zero-order valence-corrected chi connectivity index (χ0v) is 10.1. The minimum atomic E-state index is -1.91. The Bertz CT molecular complexity index is 368. The van der Waals surface area contributed by atoms with Gasteiger partial charge < -0.3 is 0 Å². The number of hydrogen-bond acceptors (Lipinski definition) is 2. The molecule has 0 aromatic heterocycles. The summed E-state index contributed by atoms with van der Waals surface area (Å²) in [4.78, 5) is 0. The van der Waals surface area contributed by atoms with E-state index in [9.17, 15) is 0 Å². The highest BCUT2D eigenvalue weighted by atomic mass is 32.2. The van der Waals surface area contributed by atoms with E-state index in [0.717, 1.165) is 24.2 Å². The van der Waals surface area contributed by atoms with Crippen LogP contribution in [0.1, 0.15) is 31.7 Å². The van der Waals surface area contributed by atoms with E-state index >= 15 is 0 Å². The molecule has 1 rings (SSSR count). The molecule has 0 unspecified atom stereocenters. The lowest BCUT2D eigenvalue weighted by molar-refractivity contribution is 0.775. The van der Waals surface area contributed by atoms with Gasteiger partial charge in [-0.15, -0.1) is 0 Å². The van der Waals surface area contributed by atoms with Gasteiger partial charge in [0.2, 0.25) is 0 Å².